The van der Waals surface area contributed by atoms with Gasteiger partial charge in [-0.15, -0.1) is 24.2 Å². The molecule has 1 rings (SSSR count). The summed E-state index contributed by atoms with van der Waals surface area (Å²) in [5.41, 5.74) is 5.34. The van der Waals surface area contributed by atoms with E-state index in [9.17, 15) is 14.9 Å². The van der Waals surface area contributed by atoms with Crippen molar-refractivity contribution >= 4 is 35.8 Å². The maximum Gasteiger partial charge on any atom is 0.269 e. The van der Waals surface area contributed by atoms with Gasteiger partial charge in [0.05, 0.1) is 16.2 Å². The van der Waals surface area contributed by atoms with Gasteiger partial charge in [0, 0.05) is 23.6 Å². The van der Waals surface area contributed by atoms with Gasteiger partial charge < -0.3 is 11.1 Å². The Morgan fingerprint density at radius 2 is 1.95 bits per heavy atom. The molecule has 0 spiro atoms. The fourth-order valence-electron chi connectivity index (χ4n) is 1.60. The van der Waals surface area contributed by atoms with Crippen LogP contribution in [0.1, 0.15) is 20.8 Å². The third-order valence-electron chi connectivity index (χ3n) is 3.54. The van der Waals surface area contributed by atoms with Crippen molar-refractivity contribution in [2.24, 2.45) is 11.7 Å². The Bertz CT molecular complexity index is 511. The lowest BCUT2D eigenvalue weighted by molar-refractivity contribution is -0.384. The van der Waals surface area contributed by atoms with Crippen LogP contribution in [0.5, 0.6) is 0 Å². The number of carbonyl (C=O) groups is 1. The molecular formula is C14H22ClN3O3S. The first-order chi connectivity index (χ1) is 9.78. The first-order valence-electron chi connectivity index (χ1n) is 6.67. The molecule has 0 radical (unpaired) electrons. The van der Waals surface area contributed by atoms with Crippen LogP contribution in [0.15, 0.2) is 29.2 Å². The maximum atomic E-state index is 12.0. The number of nitrogens with one attached hydrogen (secondary N) is 1. The minimum absolute atomic E-state index is 0. The molecule has 3 N–H and O–H groups in total. The molecular weight excluding hydrogens is 326 g/mol. The third kappa shape index (κ3) is 5.82. The average molecular weight is 348 g/mol. The minimum atomic E-state index is -0.448. The summed E-state index contributed by atoms with van der Waals surface area (Å²) in [6, 6.07) is 6.14. The van der Waals surface area contributed by atoms with Crippen LogP contribution in [0.3, 0.4) is 0 Å². The zero-order chi connectivity index (χ0) is 16.0. The SMILES string of the molecule is CC(C)C(C)(CN)NC(=O)CSc1ccc([N+](=O)[O-])cc1.Cl. The van der Waals surface area contributed by atoms with Gasteiger partial charge in [-0.1, -0.05) is 13.8 Å². The normalized spacial score (nSPS) is 13.1. The Balaban J connectivity index is 0.00000441. The number of non-ortho nitro benzene ring substituents is 1. The summed E-state index contributed by atoms with van der Waals surface area (Å²) in [6.07, 6.45) is 0. The van der Waals surface area contributed by atoms with Gasteiger partial charge in [0.1, 0.15) is 0 Å². The number of carbonyl (C=O) groups excluding carboxylic acids is 1. The van der Waals surface area contributed by atoms with Gasteiger partial charge >= 0.3 is 0 Å². The van der Waals surface area contributed by atoms with Crippen molar-refractivity contribution in [3.63, 3.8) is 0 Å². The van der Waals surface area contributed by atoms with Crippen LogP contribution in [0.25, 0.3) is 0 Å². The number of thioether (sulfide) groups is 1. The highest BCUT2D eigenvalue weighted by molar-refractivity contribution is 8.00. The molecule has 1 unspecified atom stereocenters. The van der Waals surface area contributed by atoms with E-state index in [2.05, 4.69) is 5.32 Å². The van der Waals surface area contributed by atoms with Gasteiger partial charge in [-0.2, -0.15) is 0 Å². The molecule has 0 saturated carbocycles. The van der Waals surface area contributed by atoms with Crippen LogP contribution in [-0.4, -0.2) is 28.7 Å². The largest absolute Gasteiger partial charge is 0.349 e. The van der Waals surface area contributed by atoms with Crippen molar-refractivity contribution in [1.29, 1.82) is 0 Å². The lowest BCUT2D eigenvalue weighted by atomic mass is 9.88. The summed E-state index contributed by atoms with van der Waals surface area (Å²) in [5, 5.41) is 13.5. The van der Waals surface area contributed by atoms with Crippen molar-refractivity contribution in [1.82, 2.24) is 5.32 Å². The summed E-state index contributed by atoms with van der Waals surface area (Å²) in [6.45, 7) is 6.32. The monoisotopic (exact) mass is 347 g/mol. The van der Waals surface area contributed by atoms with Crippen LogP contribution in [0, 0.1) is 16.0 Å². The van der Waals surface area contributed by atoms with E-state index in [-0.39, 0.29) is 35.7 Å². The molecule has 8 heteroatoms. The highest BCUT2D eigenvalue weighted by Gasteiger charge is 2.28. The number of nitro groups is 1. The molecule has 1 atom stereocenters. The Labute approximate surface area is 140 Å². The smallest absolute Gasteiger partial charge is 0.269 e. The topological polar surface area (TPSA) is 98.3 Å². The van der Waals surface area contributed by atoms with Gasteiger partial charge in [0.2, 0.25) is 5.91 Å². The number of hydrogen-bond acceptors (Lipinski definition) is 5. The molecule has 124 valence electrons. The predicted octanol–water partition coefficient (Wildman–Crippen LogP) is 2.60. The standard InChI is InChI=1S/C14H21N3O3S.ClH/c1-10(2)14(3,9-15)16-13(18)8-21-12-6-4-11(5-7-12)17(19)20;/h4-7,10H,8-9,15H2,1-3H3,(H,16,18);1H. The molecule has 1 amide bonds. The third-order valence-corrected chi connectivity index (χ3v) is 4.55. The molecule has 0 aliphatic rings. The van der Waals surface area contributed by atoms with E-state index >= 15 is 0 Å². The molecule has 0 aromatic heterocycles. The Hall–Kier alpha value is -1.31. The molecule has 6 nitrogen and oxygen atoms in total. The molecule has 1 aromatic rings. The number of nitro benzene ring substituents is 1. The minimum Gasteiger partial charge on any atom is -0.349 e. The predicted molar refractivity (Wildman–Crippen MR) is 91.5 cm³/mol. The summed E-state index contributed by atoms with van der Waals surface area (Å²) in [5.74, 6) is 0.385. The first kappa shape index (κ1) is 20.7. The maximum absolute atomic E-state index is 12.0. The zero-order valence-electron chi connectivity index (χ0n) is 12.9. The lowest BCUT2D eigenvalue weighted by Crippen LogP contribution is -2.55. The first-order valence-corrected chi connectivity index (χ1v) is 7.65. The van der Waals surface area contributed by atoms with Crippen molar-refractivity contribution in [3.05, 3.63) is 34.4 Å². The molecule has 0 heterocycles. The van der Waals surface area contributed by atoms with Gasteiger partial charge in [-0.3, -0.25) is 14.9 Å². The van der Waals surface area contributed by atoms with Crippen molar-refractivity contribution in [3.8, 4) is 0 Å². The van der Waals surface area contributed by atoms with Crippen LogP contribution < -0.4 is 11.1 Å². The van der Waals surface area contributed by atoms with Crippen molar-refractivity contribution in [2.45, 2.75) is 31.2 Å². The number of nitrogens with two attached hydrogens (primary N) is 1. The van der Waals surface area contributed by atoms with E-state index in [1.54, 1.807) is 12.1 Å². The highest BCUT2D eigenvalue weighted by atomic mass is 35.5. The van der Waals surface area contributed by atoms with Crippen LogP contribution in [0.4, 0.5) is 5.69 Å². The number of benzene rings is 1. The van der Waals surface area contributed by atoms with E-state index in [1.165, 1.54) is 23.9 Å². The Morgan fingerprint density at radius 3 is 2.36 bits per heavy atom. The number of rotatable bonds is 7. The van der Waals surface area contributed by atoms with E-state index in [4.69, 9.17) is 5.73 Å². The van der Waals surface area contributed by atoms with E-state index in [0.29, 0.717) is 6.54 Å². The number of hydrogen-bond donors (Lipinski definition) is 2. The fraction of sp³-hybridized carbons (Fsp3) is 0.500. The Kier molecular flexibility index (Phi) is 8.44. The van der Waals surface area contributed by atoms with Crippen LogP contribution >= 0.6 is 24.2 Å². The fourth-order valence-corrected chi connectivity index (χ4v) is 2.30. The number of nitrogens with zero attached hydrogens (tertiary/aromatic N) is 1. The molecule has 0 aliphatic carbocycles. The second kappa shape index (κ2) is 8.97. The quantitative estimate of drug-likeness (QED) is 0.448. The average Bonchev–Trinajstić information content (AvgIpc) is 2.45. The van der Waals surface area contributed by atoms with Crippen LogP contribution in [0.2, 0.25) is 0 Å². The molecule has 1 aromatic carbocycles. The van der Waals surface area contributed by atoms with Crippen molar-refractivity contribution in [2.75, 3.05) is 12.3 Å². The second-order valence-electron chi connectivity index (χ2n) is 5.36. The van der Waals surface area contributed by atoms with Crippen LogP contribution in [-0.2, 0) is 4.79 Å². The van der Waals surface area contributed by atoms with E-state index in [0.717, 1.165) is 4.90 Å². The van der Waals surface area contributed by atoms with Crippen molar-refractivity contribution < 1.29 is 9.72 Å². The number of halogens is 1. The van der Waals surface area contributed by atoms with Gasteiger partial charge in [0.25, 0.3) is 5.69 Å². The summed E-state index contributed by atoms with van der Waals surface area (Å²) in [7, 11) is 0. The molecule has 0 aliphatic heterocycles. The summed E-state index contributed by atoms with van der Waals surface area (Å²) < 4.78 is 0. The van der Waals surface area contributed by atoms with E-state index in [1.807, 2.05) is 20.8 Å². The van der Waals surface area contributed by atoms with Gasteiger partial charge in [-0.25, -0.2) is 0 Å². The second-order valence-corrected chi connectivity index (χ2v) is 6.41. The highest BCUT2D eigenvalue weighted by Crippen LogP contribution is 2.22. The van der Waals surface area contributed by atoms with Gasteiger partial charge in [0.15, 0.2) is 0 Å². The van der Waals surface area contributed by atoms with E-state index < -0.39 is 10.5 Å². The lowest BCUT2D eigenvalue weighted by Gasteiger charge is -2.33. The summed E-state index contributed by atoms with van der Waals surface area (Å²) >= 11 is 1.34. The summed E-state index contributed by atoms with van der Waals surface area (Å²) in [4.78, 5) is 22.9. The van der Waals surface area contributed by atoms with Gasteiger partial charge in [-0.05, 0) is 25.0 Å². The molecule has 0 fully saturated rings. The molecule has 0 bridgehead atoms. The zero-order valence-corrected chi connectivity index (χ0v) is 14.5. The number of amides is 1. The molecule has 22 heavy (non-hydrogen) atoms. The molecule has 0 saturated heterocycles. The Morgan fingerprint density at radius 1 is 1.41 bits per heavy atom.